The van der Waals surface area contributed by atoms with Crippen LogP contribution in [0.1, 0.15) is 48.2 Å². The molecule has 0 bridgehead atoms. The number of pyridine rings is 1. The third-order valence-electron chi connectivity index (χ3n) is 5.41. The highest BCUT2D eigenvalue weighted by molar-refractivity contribution is 5.40. The fraction of sp³-hybridized carbons (Fsp3) is 0.364. The minimum Gasteiger partial charge on any atom is -0.288 e. The number of nitrogens with zero attached hydrogens (tertiary/aromatic N) is 3. The van der Waals surface area contributed by atoms with Crippen LogP contribution in [0.3, 0.4) is 0 Å². The number of rotatable bonds is 5. The SMILES string of the molecule is Cc1ccc2nc(CN(C3CC3)[C@H](C)c3cccc(C(F)(F)F)c3)cc(=O)n2c1. The number of halogens is 3. The molecule has 1 aliphatic carbocycles. The summed E-state index contributed by atoms with van der Waals surface area (Å²) in [6, 6.07) is 10.8. The Morgan fingerprint density at radius 2 is 1.97 bits per heavy atom. The lowest BCUT2D eigenvalue weighted by Gasteiger charge is -2.29. The molecule has 4 nitrogen and oxygen atoms in total. The van der Waals surface area contributed by atoms with Crippen molar-refractivity contribution in [1.82, 2.24) is 14.3 Å². The molecule has 0 unspecified atom stereocenters. The number of aryl methyl sites for hydroxylation is 1. The van der Waals surface area contributed by atoms with Gasteiger partial charge in [0, 0.05) is 30.9 Å². The Hall–Kier alpha value is -2.67. The molecular formula is C22H22F3N3O. The molecular weight excluding hydrogens is 379 g/mol. The fourth-order valence-electron chi connectivity index (χ4n) is 3.68. The predicted molar refractivity (Wildman–Crippen MR) is 105 cm³/mol. The topological polar surface area (TPSA) is 37.6 Å². The summed E-state index contributed by atoms with van der Waals surface area (Å²) >= 11 is 0. The number of hydrogen-bond acceptors (Lipinski definition) is 3. The van der Waals surface area contributed by atoms with Gasteiger partial charge < -0.3 is 0 Å². The first-order valence-corrected chi connectivity index (χ1v) is 9.64. The number of alkyl halides is 3. The van der Waals surface area contributed by atoms with Crippen LogP contribution < -0.4 is 5.56 Å². The van der Waals surface area contributed by atoms with Crippen molar-refractivity contribution in [3.05, 3.63) is 81.4 Å². The van der Waals surface area contributed by atoms with E-state index in [2.05, 4.69) is 9.88 Å². The Kier molecular flexibility index (Phi) is 4.94. The summed E-state index contributed by atoms with van der Waals surface area (Å²) in [7, 11) is 0. The van der Waals surface area contributed by atoms with E-state index in [9.17, 15) is 18.0 Å². The van der Waals surface area contributed by atoms with E-state index in [1.807, 2.05) is 19.9 Å². The van der Waals surface area contributed by atoms with E-state index in [0.29, 0.717) is 23.4 Å². The van der Waals surface area contributed by atoms with Gasteiger partial charge in [0.2, 0.25) is 0 Å². The lowest BCUT2D eigenvalue weighted by atomic mass is 10.0. The Bertz CT molecular complexity index is 1100. The molecule has 0 spiro atoms. The van der Waals surface area contributed by atoms with Crippen LogP contribution in [0, 0.1) is 6.92 Å². The van der Waals surface area contributed by atoms with Crippen LogP contribution in [-0.2, 0) is 12.7 Å². The summed E-state index contributed by atoms with van der Waals surface area (Å²) in [5.41, 5.74) is 1.98. The molecule has 1 saturated carbocycles. The van der Waals surface area contributed by atoms with E-state index in [1.165, 1.54) is 22.6 Å². The lowest BCUT2D eigenvalue weighted by molar-refractivity contribution is -0.137. The Balaban J connectivity index is 1.65. The summed E-state index contributed by atoms with van der Waals surface area (Å²) in [5.74, 6) is 0. The van der Waals surface area contributed by atoms with Crippen LogP contribution >= 0.6 is 0 Å². The van der Waals surface area contributed by atoms with Gasteiger partial charge in [-0.15, -0.1) is 0 Å². The van der Waals surface area contributed by atoms with Crippen molar-refractivity contribution in [3.63, 3.8) is 0 Å². The van der Waals surface area contributed by atoms with Gasteiger partial charge in [-0.05, 0) is 56.0 Å². The maximum atomic E-state index is 13.1. The first kappa shape index (κ1) is 19.6. The monoisotopic (exact) mass is 401 g/mol. The summed E-state index contributed by atoms with van der Waals surface area (Å²) in [6.07, 6.45) is -0.630. The van der Waals surface area contributed by atoms with Gasteiger partial charge in [-0.1, -0.05) is 18.2 Å². The zero-order valence-electron chi connectivity index (χ0n) is 16.3. The lowest BCUT2D eigenvalue weighted by Crippen LogP contribution is -2.30. The zero-order chi connectivity index (χ0) is 20.8. The number of hydrogen-bond donors (Lipinski definition) is 0. The van der Waals surface area contributed by atoms with Gasteiger partial charge in [0.25, 0.3) is 5.56 Å². The first-order valence-electron chi connectivity index (χ1n) is 9.64. The van der Waals surface area contributed by atoms with Gasteiger partial charge in [0.05, 0.1) is 11.3 Å². The molecule has 2 aromatic heterocycles. The second-order valence-electron chi connectivity index (χ2n) is 7.72. The highest BCUT2D eigenvalue weighted by Crippen LogP contribution is 2.37. The van der Waals surface area contributed by atoms with E-state index in [4.69, 9.17) is 0 Å². The number of fused-ring (bicyclic) bond motifs is 1. The highest BCUT2D eigenvalue weighted by Gasteiger charge is 2.35. The van der Waals surface area contributed by atoms with Crippen molar-refractivity contribution < 1.29 is 13.2 Å². The normalized spacial score (nSPS) is 15.8. The molecule has 1 atom stereocenters. The third-order valence-corrected chi connectivity index (χ3v) is 5.41. The Labute approximate surface area is 166 Å². The first-order chi connectivity index (χ1) is 13.7. The van der Waals surface area contributed by atoms with E-state index in [0.717, 1.165) is 24.5 Å². The molecule has 2 heterocycles. The molecule has 0 aliphatic heterocycles. The molecule has 0 saturated heterocycles. The number of aromatic nitrogens is 2. The standard InChI is InChI=1S/C22H22F3N3O/c1-14-6-9-20-26-18(11-21(29)28(20)12-14)13-27(19-7-8-19)15(2)16-4-3-5-17(10-16)22(23,24)25/h3-6,9-12,15,19H,7-8,13H2,1-2H3/t15-/m1/s1. The minimum absolute atomic E-state index is 0.156. The second kappa shape index (κ2) is 7.30. The van der Waals surface area contributed by atoms with E-state index in [1.54, 1.807) is 18.3 Å². The second-order valence-corrected chi connectivity index (χ2v) is 7.72. The zero-order valence-corrected chi connectivity index (χ0v) is 16.3. The molecule has 0 radical (unpaired) electrons. The largest absolute Gasteiger partial charge is 0.416 e. The van der Waals surface area contributed by atoms with Gasteiger partial charge in [-0.25, -0.2) is 4.98 Å². The van der Waals surface area contributed by atoms with E-state index >= 15 is 0 Å². The highest BCUT2D eigenvalue weighted by atomic mass is 19.4. The molecule has 152 valence electrons. The summed E-state index contributed by atoms with van der Waals surface area (Å²) in [6.45, 7) is 4.23. The van der Waals surface area contributed by atoms with Crippen molar-refractivity contribution in [1.29, 1.82) is 0 Å². The van der Waals surface area contributed by atoms with Crippen molar-refractivity contribution >= 4 is 5.65 Å². The Morgan fingerprint density at radius 3 is 2.66 bits per heavy atom. The summed E-state index contributed by atoms with van der Waals surface area (Å²) < 4.78 is 40.8. The van der Waals surface area contributed by atoms with Crippen LogP contribution in [0.25, 0.3) is 5.65 Å². The van der Waals surface area contributed by atoms with E-state index < -0.39 is 11.7 Å². The minimum atomic E-state index is -4.37. The molecule has 1 aliphatic rings. The summed E-state index contributed by atoms with van der Waals surface area (Å²) in [4.78, 5) is 19.2. The van der Waals surface area contributed by atoms with Gasteiger partial charge in [-0.3, -0.25) is 14.1 Å². The van der Waals surface area contributed by atoms with Crippen LogP contribution in [0.4, 0.5) is 13.2 Å². The van der Waals surface area contributed by atoms with E-state index in [-0.39, 0.29) is 17.6 Å². The Morgan fingerprint density at radius 1 is 1.21 bits per heavy atom. The third kappa shape index (κ3) is 4.19. The maximum absolute atomic E-state index is 13.1. The quantitative estimate of drug-likeness (QED) is 0.619. The average Bonchev–Trinajstić information content (AvgIpc) is 3.51. The van der Waals surface area contributed by atoms with Crippen LogP contribution in [0.15, 0.2) is 53.5 Å². The summed E-state index contributed by atoms with van der Waals surface area (Å²) in [5, 5.41) is 0. The van der Waals surface area contributed by atoms with Gasteiger partial charge in [0.1, 0.15) is 5.65 Å². The van der Waals surface area contributed by atoms with Gasteiger partial charge in [-0.2, -0.15) is 13.2 Å². The number of benzene rings is 1. The van der Waals surface area contributed by atoms with Crippen molar-refractivity contribution in [2.75, 3.05) is 0 Å². The average molecular weight is 401 g/mol. The van der Waals surface area contributed by atoms with Gasteiger partial charge in [0.15, 0.2) is 0 Å². The molecule has 4 rings (SSSR count). The van der Waals surface area contributed by atoms with Crippen molar-refractivity contribution in [3.8, 4) is 0 Å². The van der Waals surface area contributed by atoms with Gasteiger partial charge >= 0.3 is 6.18 Å². The van der Waals surface area contributed by atoms with Crippen molar-refractivity contribution in [2.45, 2.75) is 51.5 Å². The van der Waals surface area contributed by atoms with Crippen LogP contribution in [0.5, 0.6) is 0 Å². The molecule has 1 aromatic carbocycles. The van der Waals surface area contributed by atoms with Crippen molar-refractivity contribution in [2.24, 2.45) is 0 Å². The maximum Gasteiger partial charge on any atom is 0.416 e. The van der Waals surface area contributed by atoms with Crippen LogP contribution in [-0.4, -0.2) is 20.3 Å². The fourth-order valence-corrected chi connectivity index (χ4v) is 3.68. The molecule has 0 N–H and O–H groups in total. The van der Waals surface area contributed by atoms with Crippen LogP contribution in [0.2, 0.25) is 0 Å². The molecule has 29 heavy (non-hydrogen) atoms. The molecule has 3 aromatic rings. The smallest absolute Gasteiger partial charge is 0.288 e. The molecule has 7 heteroatoms. The molecule has 0 amide bonds. The molecule has 1 fully saturated rings. The predicted octanol–water partition coefficient (Wildman–Crippen LogP) is 4.75.